The largest absolute Gasteiger partial charge is 0.481 e. The minimum Gasteiger partial charge on any atom is -0.481 e. The minimum atomic E-state index is -0.768. The lowest BCUT2D eigenvalue weighted by atomic mass is 9.79. The van der Waals surface area contributed by atoms with Gasteiger partial charge >= 0.3 is 5.97 Å². The van der Waals surface area contributed by atoms with E-state index in [2.05, 4.69) is 0 Å². The smallest absolute Gasteiger partial charge is 0.306 e. The number of hydrogen-bond donors (Lipinski definition) is 2. The number of amides is 1. The molecule has 5 nitrogen and oxygen atoms in total. The molecule has 1 saturated carbocycles. The van der Waals surface area contributed by atoms with Crippen LogP contribution in [0.5, 0.6) is 0 Å². The molecule has 0 radical (unpaired) electrons. The predicted molar refractivity (Wildman–Crippen MR) is 66.2 cm³/mol. The third-order valence-corrected chi connectivity index (χ3v) is 3.80. The number of benzene rings is 1. The number of nitrogen functional groups attached to an aromatic ring is 1. The molecule has 0 unspecified atom stereocenters. The van der Waals surface area contributed by atoms with Gasteiger partial charge in [-0.2, -0.15) is 0 Å². The van der Waals surface area contributed by atoms with Crippen molar-refractivity contribution in [1.29, 1.82) is 0 Å². The Labute approximate surface area is 104 Å². The molecule has 2 aliphatic rings. The van der Waals surface area contributed by atoms with Crippen LogP contribution in [0.3, 0.4) is 0 Å². The zero-order valence-electron chi connectivity index (χ0n) is 9.80. The fourth-order valence-electron chi connectivity index (χ4n) is 2.77. The molecule has 3 rings (SSSR count). The summed E-state index contributed by atoms with van der Waals surface area (Å²) in [5, 5.41) is 8.87. The number of nitrogens with two attached hydrogens (primary N) is 1. The Kier molecular flexibility index (Phi) is 2.29. The van der Waals surface area contributed by atoms with Crippen molar-refractivity contribution in [3.8, 4) is 0 Å². The molecular weight excluding hydrogens is 232 g/mol. The molecule has 94 valence electrons. The van der Waals surface area contributed by atoms with Gasteiger partial charge in [-0.3, -0.25) is 9.59 Å². The van der Waals surface area contributed by atoms with E-state index >= 15 is 0 Å². The molecule has 5 heteroatoms. The van der Waals surface area contributed by atoms with Crippen molar-refractivity contribution in [3.63, 3.8) is 0 Å². The molecule has 1 fully saturated rings. The van der Waals surface area contributed by atoms with Crippen LogP contribution in [-0.2, 0) is 16.0 Å². The van der Waals surface area contributed by atoms with E-state index in [9.17, 15) is 9.59 Å². The highest BCUT2D eigenvalue weighted by Gasteiger charge is 2.43. The summed E-state index contributed by atoms with van der Waals surface area (Å²) in [5.74, 6) is -1.03. The van der Waals surface area contributed by atoms with Crippen molar-refractivity contribution < 1.29 is 14.7 Å². The molecular formula is C13H14N2O3. The average molecular weight is 246 g/mol. The summed E-state index contributed by atoms with van der Waals surface area (Å²) < 4.78 is 0. The van der Waals surface area contributed by atoms with Crippen LogP contribution in [0.2, 0.25) is 0 Å². The number of anilines is 2. The topological polar surface area (TPSA) is 83.6 Å². The Morgan fingerprint density at radius 1 is 1.39 bits per heavy atom. The van der Waals surface area contributed by atoms with Gasteiger partial charge in [0.15, 0.2) is 0 Å². The Morgan fingerprint density at radius 3 is 2.78 bits per heavy atom. The first-order valence-corrected chi connectivity index (χ1v) is 5.99. The monoisotopic (exact) mass is 246 g/mol. The van der Waals surface area contributed by atoms with Crippen LogP contribution >= 0.6 is 0 Å². The normalized spacial score (nSPS) is 25.8. The average Bonchev–Trinajstić information content (AvgIpc) is 2.52. The van der Waals surface area contributed by atoms with Gasteiger partial charge in [0.1, 0.15) is 0 Å². The molecule has 0 aromatic heterocycles. The highest BCUT2D eigenvalue weighted by molar-refractivity contribution is 6.02. The van der Waals surface area contributed by atoms with Crippen LogP contribution in [0, 0.1) is 5.92 Å². The highest BCUT2D eigenvalue weighted by Crippen LogP contribution is 2.40. The van der Waals surface area contributed by atoms with Crippen molar-refractivity contribution in [1.82, 2.24) is 0 Å². The molecule has 3 N–H and O–H groups in total. The van der Waals surface area contributed by atoms with E-state index in [0.29, 0.717) is 24.9 Å². The van der Waals surface area contributed by atoms with Crippen LogP contribution in [0.4, 0.5) is 11.4 Å². The van der Waals surface area contributed by atoms with Gasteiger partial charge in [-0.1, -0.05) is 0 Å². The predicted octanol–water partition coefficient (Wildman–Crippen LogP) is 1.02. The molecule has 1 amide bonds. The number of carboxylic acids is 1. The fourth-order valence-corrected chi connectivity index (χ4v) is 2.77. The van der Waals surface area contributed by atoms with Crippen LogP contribution in [0.15, 0.2) is 18.2 Å². The first kappa shape index (κ1) is 11.1. The first-order chi connectivity index (χ1) is 8.56. The van der Waals surface area contributed by atoms with E-state index in [0.717, 1.165) is 11.3 Å². The van der Waals surface area contributed by atoms with Crippen molar-refractivity contribution >= 4 is 23.3 Å². The van der Waals surface area contributed by atoms with E-state index < -0.39 is 5.97 Å². The third kappa shape index (κ3) is 1.54. The summed E-state index contributed by atoms with van der Waals surface area (Å²) in [7, 11) is 0. The summed E-state index contributed by atoms with van der Waals surface area (Å²) in [5.41, 5.74) is 8.19. The van der Waals surface area contributed by atoms with Gasteiger partial charge in [0.05, 0.1) is 12.3 Å². The molecule has 0 atom stereocenters. The number of carboxylic acid groups (broad SMARTS) is 1. The Morgan fingerprint density at radius 2 is 2.11 bits per heavy atom. The van der Waals surface area contributed by atoms with Gasteiger partial charge in [-0.15, -0.1) is 0 Å². The first-order valence-electron chi connectivity index (χ1n) is 5.99. The number of aliphatic carboxylic acids is 1. The van der Waals surface area contributed by atoms with Crippen molar-refractivity contribution in [3.05, 3.63) is 23.8 Å². The molecule has 18 heavy (non-hydrogen) atoms. The molecule has 1 aliphatic heterocycles. The summed E-state index contributed by atoms with van der Waals surface area (Å²) in [6.07, 6.45) is 1.46. The Bertz CT molecular complexity index is 535. The van der Waals surface area contributed by atoms with Crippen LogP contribution < -0.4 is 10.6 Å². The lowest BCUT2D eigenvalue weighted by Gasteiger charge is -2.39. The number of carbonyl (C=O) groups is 2. The molecule has 1 aromatic carbocycles. The maximum absolute atomic E-state index is 12.0. The van der Waals surface area contributed by atoms with Crippen LogP contribution in [0.1, 0.15) is 18.4 Å². The molecule has 1 heterocycles. The lowest BCUT2D eigenvalue weighted by molar-refractivity contribution is -0.145. The van der Waals surface area contributed by atoms with Crippen molar-refractivity contribution in [2.75, 3.05) is 10.6 Å². The molecule has 0 bridgehead atoms. The van der Waals surface area contributed by atoms with Gasteiger partial charge in [0.2, 0.25) is 5.91 Å². The van der Waals surface area contributed by atoms with E-state index in [1.54, 1.807) is 11.0 Å². The number of carbonyl (C=O) groups excluding carboxylic acids is 1. The van der Waals surface area contributed by atoms with Crippen molar-refractivity contribution in [2.45, 2.75) is 25.3 Å². The molecule has 1 aromatic rings. The third-order valence-electron chi connectivity index (χ3n) is 3.80. The summed E-state index contributed by atoms with van der Waals surface area (Å²) in [6, 6.07) is 5.48. The van der Waals surface area contributed by atoms with Crippen LogP contribution in [-0.4, -0.2) is 23.0 Å². The quantitative estimate of drug-likeness (QED) is 0.763. The van der Waals surface area contributed by atoms with E-state index in [1.165, 1.54) is 0 Å². The van der Waals surface area contributed by atoms with Crippen LogP contribution in [0.25, 0.3) is 0 Å². The Hall–Kier alpha value is -2.04. The summed E-state index contributed by atoms with van der Waals surface area (Å²) >= 11 is 0. The van der Waals surface area contributed by atoms with E-state index in [-0.39, 0.29) is 17.9 Å². The number of fused-ring (bicyclic) bond motifs is 1. The number of hydrogen-bond acceptors (Lipinski definition) is 3. The highest BCUT2D eigenvalue weighted by atomic mass is 16.4. The maximum atomic E-state index is 12.0. The summed E-state index contributed by atoms with van der Waals surface area (Å²) in [6.45, 7) is 0. The second-order valence-corrected chi connectivity index (χ2v) is 4.99. The van der Waals surface area contributed by atoms with Gasteiger partial charge in [0.25, 0.3) is 0 Å². The minimum absolute atomic E-state index is 0.0310. The van der Waals surface area contributed by atoms with Gasteiger partial charge in [0, 0.05) is 17.4 Å². The maximum Gasteiger partial charge on any atom is 0.306 e. The standard InChI is InChI=1S/C13H14N2O3/c14-9-1-2-11-7(3-9)6-12(16)15(11)10-4-8(5-10)13(17)18/h1-3,8,10H,4-6,14H2,(H,17,18). The molecule has 0 spiro atoms. The van der Waals surface area contributed by atoms with Gasteiger partial charge in [-0.25, -0.2) is 0 Å². The fraction of sp³-hybridized carbons (Fsp3) is 0.385. The van der Waals surface area contributed by atoms with E-state index in [4.69, 9.17) is 10.8 Å². The van der Waals surface area contributed by atoms with E-state index in [1.807, 2.05) is 12.1 Å². The second kappa shape index (κ2) is 3.73. The number of rotatable bonds is 2. The van der Waals surface area contributed by atoms with Gasteiger partial charge in [-0.05, 0) is 36.6 Å². The zero-order valence-corrected chi connectivity index (χ0v) is 9.80. The molecule has 1 aliphatic carbocycles. The summed E-state index contributed by atoms with van der Waals surface area (Å²) in [4.78, 5) is 24.5. The Balaban J connectivity index is 1.83. The van der Waals surface area contributed by atoms with Gasteiger partial charge < -0.3 is 15.7 Å². The zero-order chi connectivity index (χ0) is 12.9. The molecule has 0 saturated heterocycles. The second-order valence-electron chi connectivity index (χ2n) is 4.99. The lowest BCUT2D eigenvalue weighted by Crippen LogP contribution is -2.48. The van der Waals surface area contributed by atoms with Crippen molar-refractivity contribution in [2.24, 2.45) is 5.92 Å². The number of nitrogens with zero attached hydrogens (tertiary/aromatic N) is 1. The SMILES string of the molecule is Nc1ccc2c(c1)CC(=O)N2C1CC(C(=O)O)C1.